The fourth-order valence-corrected chi connectivity index (χ4v) is 1.98. The van der Waals surface area contributed by atoms with E-state index in [1.165, 1.54) is 0 Å². The van der Waals surface area contributed by atoms with Crippen LogP contribution >= 0.6 is 11.6 Å². The summed E-state index contributed by atoms with van der Waals surface area (Å²) in [5, 5.41) is 0.660. The van der Waals surface area contributed by atoms with Crippen molar-refractivity contribution in [1.29, 1.82) is 0 Å². The lowest BCUT2D eigenvalue weighted by atomic mass is 10.0. The fourth-order valence-electron chi connectivity index (χ4n) is 1.80. The van der Waals surface area contributed by atoms with Crippen LogP contribution in [0.15, 0.2) is 48.8 Å². The van der Waals surface area contributed by atoms with E-state index in [1.807, 2.05) is 37.3 Å². The third kappa shape index (κ3) is 4.23. The summed E-state index contributed by atoms with van der Waals surface area (Å²) in [6.07, 6.45) is 4.20. The van der Waals surface area contributed by atoms with Gasteiger partial charge in [-0.25, -0.2) is 0 Å². The lowest BCUT2D eigenvalue weighted by molar-refractivity contribution is 0.189. The van der Waals surface area contributed by atoms with Gasteiger partial charge in [0.25, 0.3) is 0 Å². The van der Waals surface area contributed by atoms with E-state index in [0.717, 1.165) is 17.7 Å². The standard InChI is InChI=1S/C15H17ClN2O/c1-11(19-14-4-2-3-13(16)10-14)15(17)9-12-5-7-18-8-6-12/h2-8,10-11,15H,9,17H2,1H3. The molecule has 2 aromatic rings. The molecule has 0 aliphatic heterocycles. The zero-order valence-corrected chi connectivity index (χ0v) is 11.5. The first-order valence-corrected chi connectivity index (χ1v) is 6.59. The first-order chi connectivity index (χ1) is 9.15. The van der Waals surface area contributed by atoms with E-state index in [0.29, 0.717) is 5.02 Å². The first kappa shape index (κ1) is 13.8. The topological polar surface area (TPSA) is 48.1 Å². The summed E-state index contributed by atoms with van der Waals surface area (Å²) in [5.74, 6) is 0.741. The van der Waals surface area contributed by atoms with Crippen molar-refractivity contribution in [1.82, 2.24) is 4.98 Å². The highest BCUT2D eigenvalue weighted by molar-refractivity contribution is 6.30. The average Bonchev–Trinajstić information content (AvgIpc) is 2.40. The number of rotatable bonds is 5. The molecule has 0 saturated heterocycles. The summed E-state index contributed by atoms with van der Waals surface area (Å²) in [5.41, 5.74) is 7.31. The van der Waals surface area contributed by atoms with Gasteiger partial charge < -0.3 is 10.5 Å². The van der Waals surface area contributed by atoms with Crippen LogP contribution in [-0.4, -0.2) is 17.1 Å². The molecule has 0 spiro atoms. The molecule has 4 heteroatoms. The maximum Gasteiger partial charge on any atom is 0.121 e. The molecule has 0 radical (unpaired) electrons. The van der Waals surface area contributed by atoms with E-state index >= 15 is 0 Å². The molecule has 2 unspecified atom stereocenters. The summed E-state index contributed by atoms with van der Waals surface area (Å²) in [7, 11) is 0. The van der Waals surface area contributed by atoms with Crippen LogP contribution in [0.25, 0.3) is 0 Å². The van der Waals surface area contributed by atoms with Crippen molar-refractivity contribution in [3.8, 4) is 5.75 Å². The molecule has 0 aliphatic rings. The Bertz CT molecular complexity index is 519. The Morgan fingerprint density at radius 1 is 1.26 bits per heavy atom. The fraction of sp³-hybridized carbons (Fsp3) is 0.267. The van der Waals surface area contributed by atoms with Crippen molar-refractivity contribution in [2.45, 2.75) is 25.5 Å². The molecule has 2 rings (SSSR count). The van der Waals surface area contributed by atoms with Gasteiger partial charge in [0.2, 0.25) is 0 Å². The molecule has 3 nitrogen and oxygen atoms in total. The van der Waals surface area contributed by atoms with Crippen LogP contribution in [0.4, 0.5) is 0 Å². The first-order valence-electron chi connectivity index (χ1n) is 6.22. The van der Waals surface area contributed by atoms with Crippen molar-refractivity contribution >= 4 is 11.6 Å². The predicted octanol–water partition coefficient (Wildman–Crippen LogP) is 3.07. The second-order valence-corrected chi connectivity index (χ2v) is 4.94. The van der Waals surface area contributed by atoms with Crippen LogP contribution < -0.4 is 10.5 Å². The molecule has 100 valence electrons. The van der Waals surface area contributed by atoms with E-state index in [4.69, 9.17) is 22.1 Å². The van der Waals surface area contributed by atoms with Crippen molar-refractivity contribution in [3.63, 3.8) is 0 Å². The van der Waals surface area contributed by atoms with Crippen LogP contribution in [0, 0.1) is 0 Å². The monoisotopic (exact) mass is 276 g/mol. The Balaban J connectivity index is 1.94. The number of ether oxygens (including phenoxy) is 1. The molecule has 1 aromatic carbocycles. The summed E-state index contributed by atoms with van der Waals surface area (Å²) in [6.45, 7) is 1.97. The van der Waals surface area contributed by atoms with Gasteiger partial charge in [-0.1, -0.05) is 17.7 Å². The van der Waals surface area contributed by atoms with Crippen LogP contribution in [-0.2, 0) is 6.42 Å². The van der Waals surface area contributed by atoms with Gasteiger partial charge in [-0.2, -0.15) is 0 Å². The van der Waals surface area contributed by atoms with Gasteiger partial charge in [0, 0.05) is 23.5 Å². The minimum Gasteiger partial charge on any atom is -0.489 e. The number of hydrogen-bond acceptors (Lipinski definition) is 3. The van der Waals surface area contributed by atoms with Gasteiger partial charge in [0.1, 0.15) is 11.9 Å². The molecular weight excluding hydrogens is 260 g/mol. The summed E-state index contributed by atoms with van der Waals surface area (Å²) in [6, 6.07) is 11.2. The number of halogens is 1. The van der Waals surface area contributed by atoms with Gasteiger partial charge >= 0.3 is 0 Å². The van der Waals surface area contributed by atoms with Crippen molar-refractivity contribution in [2.24, 2.45) is 5.73 Å². The van der Waals surface area contributed by atoms with E-state index in [2.05, 4.69) is 4.98 Å². The maximum atomic E-state index is 6.16. The number of benzene rings is 1. The van der Waals surface area contributed by atoms with Gasteiger partial charge in [-0.3, -0.25) is 4.98 Å². The minimum absolute atomic E-state index is 0.0821. The molecule has 1 heterocycles. The molecule has 2 N–H and O–H groups in total. The van der Waals surface area contributed by atoms with E-state index < -0.39 is 0 Å². The van der Waals surface area contributed by atoms with Gasteiger partial charge in [0.05, 0.1) is 0 Å². The minimum atomic E-state index is -0.0911. The SMILES string of the molecule is CC(Oc1cccc(Cl)c1)C(N)Cc1ccncc1. The molecule has 0 saturated carbocycles. The highest BCUT2D eigenvalue weighted by atomic mass is 35.5. The molecule has 0 aliphatic carbocycles. The molecule has 19 heavy (non-hydrogen) atoms. The Hall–Kier alpha value is -1.58. The predicted molar refractivity (Wildman–Crippen MR) is 77.5 cm³/mol. The summed E-state index contributed by atoms with van der Waals surface area (Å²) >= 11 is 5.92. The number of pyridine rings is 1. The second-order valence-electron chi connectivity index (χ2n) is 4.50. The van der Waals surface area contributed by atoms with Crippen LogP contribution in [0.5, 0.6) is 5.75 Å². The van der Waals surface area contributed by atoms with Gasteiger partial charge in [-0.15, -0.1) is 0 Å². The Labute approximate surface area is 118 Å². The Kier molecular flexibility index (Phi) is 4.77. The quantitative estimate of drug-likeness (QED) is 0.913. The normalized spacial score (nSPS) is 13.8. The molecule has 2 atom stereocenters. The van der Waals surface area contributed by atoms with Gasteiger partial charge in [0.15, 0.2) is 0 Å². The Morgan fingerprint density at radius 2 is 2.00 bits per heavy atom. The number of nitrogens with zero attached hydrogens (tertiary/aromatic N) is 1. The van der Waals surface area contributed by atoms with Crippen LogP contribution in [0.3, 0.4) is 0 Å². The largest absolute Gasteiger partial charge is 0.489 e. The maximum absolute atomic E-state index is 6.16. The highest BCUT2D eigenvalue weighted by Gasteiger charge is 2.15. The van der Waals surface area contributed by atoms with Crippen molar-refractivity contribution in [2.75, 3.05) is 0 Å². The third-order valence-corrected chi connectivity index (χ3v) is 3.18. The van der Waals surface area contributed by atoms with Gasteiger partial charge in [-0.05, 0) is 49.2 Å². The molecule has 0 bridgehead atoms. The molecule has 1 aromatic heterocycles. The summed E-state index contributed by atoms with van der Waals surface area (Å²) < 4.78 is 5.80. The number of nitrogens with two attached hydrogens (primary N) is 1. The molecular formula is C15H17ClN2O. The lowest BCUT2D eigenvalue weighted by Crippen LogP contribution is -2.38. The van der Waals surface area contributed by atoms with Crippen LogP contribution in [0.2, 0.25) is 5.02 Å². The zero-order chi connectivity index (χ0) is 13.7. The average molecular weight is 277 g/mol. The van der Waals surface area contributed by atoms with E-state index in [1.54, 1.807) is 18.5 Å². The zero-order valence-electron chi connectivity index (χ0n) is 10.8. The van der Waals surface area contributed by atoms with E-state index in [-0.39, 0.29) is 12.1 Å². The van der Waals surface area contributed by atoms with Crippen LogP contribution in [0.1, 0.15) is 12.5 Å². The molecule has 0 fully saturated rings. The van der Waals surface area contributed by atoms with Crippen molar-refractivity contribution in [3.05, 3.63) is 59.4 Å². The number of hydrogen-bond donors (Lipinski definition) is 1. The smallest absolute Gasteiger partial charge is 0.121 e. The Morgan fingerprint density at radius 3 is 2.68 bits per heavy atom. The second kappa shape index (κ2) is 6.55. The number of aromatic nitrogens is 1. The highest BCUT2D eigenvalue weighted by Crippen LogP contribution is 2.19. The van der Waals surface area contributed by atoms with E-state index in [9.17, 15) is 0 Å². The third-order valence-electron chi connectivity index (χ3n) is 2.94. The summed E-state index contributed by atoms with van der Waals surface area (Å²) in [4.78, 5) is 3.99. The lowest BCUT2D eigenvalue weighted by Gasteiger charge is -2.21. The molecule has 0 amide bonds. The van der Waals surface area contributed by atoms with Crippen molar-refractivity contribution < 1.29 is 4.74 Å².